The number of pyridine rings is 1. The van der Waals surface area contributed by atoms with E-state index in [0.29, 0.717) is 16.4 Å². The zero-order chi connectivity index (χ0) is 19.3. The molecule has 2 rings (SSSR count). The van der Waals surface area contributed by atoms with Gasteiger partial charge in [-0.05, 0) is 37.3 Å². The van der Waals surface area contributed by atoms with Gasteiger partial charge in [0.15, 0.2) is 0 Å². The van der Waals surface area contributed by atoms with Crippen molar-refractivity contribution in [1.29, 1.82) is 0 Å². The molecule has 1 aromatic heterocycles. The van der Waals surface area contributed by atoms with E-state index in [2.05, 4.69) is 15.6 Å². The Bertz CT molecular complexity index is 795. The summed E-state index contributed by atoms with van der Waals surface area (Å²) in [5, 5.41) is 5.03. The summed E-state index contributed by atoms with van der Waals surface area (Å²) in [7, 11) is 0. The number of carbonyl (C=O) groups excluding carboxylic acids is 2. The molecule has 1 unspecified atom stereocenters. The Morgan fingerprint density at radius 2 is 1.77 bits per heavy atom. The topological polar surface area (TPSA) is 71.1 Å². The highest BCUT2D eigenvalue weighted by Gasteiger charge is 2.30. The quantitative estimate of drug-likeness (QED) is 0.760. The maximum absolute atomic E-state index is 12.5. The van der Waals surface area contributed by atoms with Crippen LogP contribution in [-0.4, -0.2) is 22.0 Å². The maximum Gasteiger partial charge on any atom is 0.417 e. The zero-order valence-corrected chi connectivity index (χ0v) is 14.7. The highest BCUT2D eigenvalue weighted by atomic mass is 32.2. The predicted molar refractivity (Wildman–Crippen MR) is 93.9 cm³/mol. The van der Waals surface area contributed by atoms with Gasteiger partial charge in [0.1, 0.15) is 0 Å². The number of alkyl halides is 3. The van der Waals surface area contributed by atoms with Gasteiger partial charge in [-0.15, -0.1) is 0 Å². The summed E-state index contributed by atoms with van der Waals surface area (Å²) in [6.45, 7) is 3.00. The molecule has 2 N–H and O–H groups in total. The number of hydrogen-bond acceptors (Lipinski definition) is 4. The highest BCUT2D eigenvalue weighted by Crippen LogP contribution is 2.30. The number of nitrogens with zero attached hydrogens (tertiary/aromatic N) is 1. The Balaban J connectivity index is 1.98. The molecule has 1 heterocycles. The number of amides is 2. The predicted octanol–water partition coefficient (Wildman–Crippen LogP) is 4.18. The minimum atomic E-state index is -4.45. The van der Waals surface area contributed by atoms with E-state index >= 15 is 0 Å². The second-order valence-corrected chi connectivity index (χ2v) is 6.76. The van der Waals surface area contributed by atoms with Gasteiger partial charge in [0.25, 0.3) is 0 Å². The fourth-order valence-corrected chi connectivity index (χ4v) is 2.76. The lowest BCUT2D eigenvalue weighted by atomic mass is 10.2. The summed E-state index contributed by atoms with van der Waals surface area (Å²) < 4.78 is 37.6. The van der Waals surface area contributed by atoms with Crippen LogP contribution < -0.4 is 10.6 Å². The molecule has 0 spiro atoms. The molecular formula is C17H16F3N3O2S. The summed E-state index contributed by atoms with van der Waals surface area (Å²) >= 11 is 1.04. The molecule has 0 saturated carbocycles. The SMILES string of the molecule is CC(=O)Nc1cccc(NC(=O)C(C)Sc2ccc(C(F)(F)F)cn2)c1. The first kappa shape index (κ1) is 19.8. The Morgan fingerprint density at radius 3 is 2.31 bits per heavy atom. The number of halogens is 3. The van der Waals surface area contributed by atoms with E-state index in [1.807, 2.05) is 0 Å². The number of nitrogens with one attached hydrogen (secondary N) is 2. The van der Waals surface area contributed by atoms with Crippen LogP contribution in [0.5, 0.6) is 0 Å². The van der Waals surface area contributed by atoms with Gasteiger partial charge in [-0.25, -0.2) is 4.98 Å². The van der Waals surface area contributed by atoms with Crippen LogP contribution in [0, 0.1) is 0 Å². The van der Waals surface area contributed by atoms with E-state index in [1.54, 1.807) is 31.2 Å². The Labute approximate surface area is 152 Å². The second kappa shape index (κ2) is 8.22. The third kappa shape index (κ3) is 5.76. The lowest BCUT2D eigenvalue weighted by Gasteiger charge is -2.13. The molecule has 1 aromatic carbocycles. The third-order valence-electron chi connectivity index (χ3n) is 3.18. The normalized spacial score (nSPS) is 12.3. The van der Waals surface area contributed by atoms with Crippen molar-refractivity contribution in [3.05, 3.63) is 48.2 Å². The van der Waals surface area contributed by atoms with Crippen LogP contribution in [0.4, 0.5) is 24.5 Å². The molecule has 0 aliphatic rings. The minimum Gasteiger partial charge on any atom is -0.326 e. The van der Waals surface area contributed by atoms with Crippen molar-refractivity contribution in [2.24, 2.45) is 0 Å². The molecule has 0 saturated heterocycles. The molecule has 26 heavy (non-hydrogen) atoms. The van der Waals surface area contributed by atoms with Crippen LogP contribution in [0.1, 0.15) is 19.4 Å². The average Bonchev–Trinajstić information content (AvgIpc) is 2.54. The van der Waals surface area contributed by atoms with Gasteiger partial charge in [0.05, 0.1) is 15.8 Å². The Morgan fingerprint density at radius 1 is 1.12 bits per heavy atom. The fourth-order valence-electron chi connectivity index (χ4n) is 1.97. The van der Waals surface area contributed by atoms with Gasteiger partial charge in [-0.3, -0.25) is 9.59 Å². The molecule has 0 radical (unpaired) electrons. The molecule has 0 aliphatic heterocycles. The van der Waals surface area contributed by atoms with Crippen molar-refractivity contribution in [3.63, 3.8) is 0 Å². The number of thioether (sulfide) groups is 1. The van der Waals surface area contributed by atoms with Crippen LogP contribution in [0.15, 0.2) is 47.6 Å². The van der Waals surface area contributed by atoms with Gasteiger partial charge in [-0.1, -0.05) is 17.8 Å². The molecule has 0 aliphatic carbocycles. The number of aromatic nitrogens is 1. The molecule has 138 valence electrons. The standard InChI is InChI=1S/C17H16F3N3O2S/c1-10(26-15-7-6-12(9-21-15)17(18,19)20)16(25)23-14-5-3-4-13(8-14)22-11(2)24/h3-10H,1-2H3,(H,22,24)(H,23,25). The fraction of sp³-hybridized carbons (Fsp3) is 0.235. The summed E-state index contributed by atoms with van der Waals surface area (Å²) in [4.78, 5) is 27.1. The van der Waals surface area contributed by atoms with Crippen molar-refractivity contribution in [2.75, 3.05) is 10.6 Å². The van der Waals surface area contributed by atoms with Crippen molar-refractivity contribution in [3.8, 4) is 0 Å². The monoisotopic (exact) mass is 383 g/mol. The summed E-state index contributed by atoms with van der Waals surface area (Å²) in [6, 6.07) is 8.78. The number of carbonyl (C=O) groups is 2. The van der Waals surface area contributed by atoms with Gasteiger partial charge < -0.3 is 10.6 Å². The van der Waals surface area contributed by atoms with Gasteiger partial charge >= 0.3 is 6.18 Å². The van der Waals surface area contributed by atoms with Crippen molar-refractivity contribution in [1.82, 2.24) is 4.98 Å². The zero-order valence-electron chi connectivity index (χ0n) is 13.9. The van der Waals surface area contributed by atoms with E-state index in [1.165, 1.54) is 13.0 Å². The Hall–Kier alpha value is -2.55. The van der Waals surface area contributed by atoms with Crippen LogP contribution in [0.3, 0.4) is 0 Å². The molecule has 0 fully saturated rings. The van der Waals surface area contributed by atoms with Crippen molar-refractivity contribution < 1.29 is 22.8 Å². The van der Waals surface area contributed by atoms with E-state index in [4.69, 9.17) is 0 Å². The molecule has 2 aromatic rings. The number of anilines is 2. The summed E-state index contributed by atoms with van der Waals surface area (Å²) in [5.41, 5.74) is 0.197. The van der Waals surface area contributed by atoms with Crippen LogP contribution in [0.2, 0.25) is 0 Å². The largest absolute Gasteiger partial charge is 0.417 e. The van der Waals surface area contributed by atoms with Crippen molar-refractivity contribution >= 4 is 35.0 Å². The van der Waals surface area contributed by atoms with Crippen LogP contribution >= 0.6 is 11.8 Å². The molecular weight excluding hydrogens is 367 g/mol. The molecule has 2 amide bonds. The smallest absolute Gasteiger partial charge is 0.326 e. The van der Waals surface area contributed by atoms with E-state index < -0.39 is 17.0 Å². The van der Waals surface area contributed by atoms with E-state index in [-0.39, 0.29) is 11.8 Å². The van der Waals surface area contributed by atoms with Crippen LogP contribution in [0.25, 0.3) is 0 Å². The molecule has 1 atom stereocenters. The summed E-state index contributed by atoms with van der Waals surface area (Å²) in [6.07, 6.45) is -3.71. The van der Waals surface area contributed by atoms with Crippen LogP contribution in [-0.2, 0) is 15.8 Å². The lowest BCUT2D eigenvalue weighted by molar-refractivity contribution is -0.137. The van der Waals surface area contributed by atoms with Gasteiger partial charge in [-0.2, -0.15) is 13.2 Å². The number of rotatable bonds is 5. The van der Waals surface area contributed by atoms with E-state index in [0.717, 1.165) is 24.0 Å². The minimum absolute atomic E-state index is 0.231. The van der Waals surface area contributed by atoms with E-state index in [9.17, 15) is 22.8 Å². The third-order valence-corrected chi connectivity index (χ3v) is 4.23. The number of benzene rings is 1. The summed E-state index contributed by atoms with van der Waals surface area (Å²) in [5.74, 6) is -0.567. The first-order valence-corrected chi connectivity index (χ1v) is 8.41. The van der Waals surface area contributed by atoms with Gasteiger partial charge in [0.2, 0.25) is 11.8 Å². The first-order chi connectivity index (χ1) is 12.1. The van der Waals surface area contributed by atoms with Crippen molar-refractivity contribution in [2.45, 2.75) is 30.3 Å². The first-order valence-electron chi connectivity index (χ1n) is 7.53. The lowest BCUT2D eigenvalue weighted by Crippen LogP contribution is -2.22. The number of hydrogen-bond donors (Lipinski definition) is 2. The average molecular weight is 383 g/mol. The maximum atomic E-state index is 12.5. The highest BCUT2D eigenvalue weighted by molar-refractivity contribution is 8.00. The molecule has 5 nitrogen and oxygen atoms in total. The molecule has 9 heteroatoms. The second-order valence-electron chi connectivity index (χ2n) is 5.39. The van der Waals surface area contributed by atoms with Gasteiger partial charge in [0, 0.05) is 24.5 Å². The molecule has 0 bridgehead atoms. The Kier molecular flexibility index (Phi) is 6.25.